The molecule has 0 heterocycles. The van der Waals surface area contributed by atoms with Crippen molar-refractivity contribution >= 4 is 17.6 Å². The highest BCUT2D eigenvalue weighted by Gasteiger charge is 2.13. The van der Waals surface area contributed by atoms with Crippen LogP contribution in [0.4, 0.5) is 4.39 Å². The van der Waals surface area contributed by atoms with Crippen LogP contribution in [-0.2, 0) is 9.53 Å². The zero-order valence-electron chi connectivity index (χ0n) is 8.79. The SMILES string of the molecule is COC(=O)C(C)NOc1ccc(F)c(Cl)c1. The van der Waals surface area contributed by atoms with Gasteiger partial charge in [-0.05, 0) is 19.1 Å². The van der Waals surface area contributed by atoms with Gasteiger partial charge in [0.15, 0.2) is 0 Å². The number of benzene rings is 1. The number of rotatable bonds is 4. The molecule has 0 aliphatic rings. The molecule has 6 heteroatoms. The Morgan fingerprint density at radius 1 is 1.56 bits per heavy atom. The van der Waals surface area contributed by atoms with Crippen molar-refractivity contribution in [3.05, 3.63) is 29.0 Å². The summed E-state index contributed by atoms with van der Waals surface area (Å²) in [5, 5.41) is -0.0509. The zero-order valence-corrected chi connectivity index (χ0v) is 9.55. The standard InChI is InChI=1S/C10H11ClFNO3/c1-6(10(14)15-2)13-16-7-3-4-9(12)8(11)5-7/h3-6,13H,1-2H3. The molecule has 16 heavy (non-hydrogen) atoms. The average Bonchev–Trinajstić information content (AvgIpc) is 2.29. The Kier molecular flexibility index (Phi) is 4.52. The summed E-state index contributed by atoms with van der Waals surface area (Å²) in [6, 6.07) is 3.22. The smallest absolute Gasteiger partial charge is 0.325 e. The van der Waals surface area contributed by atoms with Crippen molar-refractivity contribution in [3.8, 4) is 5.75 Å². The molecule has 1 N–H and O–H groups in total. The minimum Gasteiger partial charge on any atom is -0.468 e. The number of halogens is 2. The molecular weight excluding hydrogens is 237 g/mol. The Labute approximate surface area is 97.3 Å². The average molecular weight is 248 g/mol. The lowest BCUT2D eigenvalue weighted by Gasteiger charge is -2.12. The van der Waals surface area contributed by atoms with Crippen molar-refractivity contribution < 1.29 is 18.8 Å². The fraction of sp³-hybridized carbons (Fsp3) is 0.300. The number of hydrogen-bond donors (Lipinski definition) is 1. The second-order valence-corrected chi connectivity index (χ2v) is 3.45. The van der Waals surface area contributed by atoms with Crippen molar-refractivity contribution in [1.82, 2.24) is 5.48 Å². The number of ether oxygens (including phenoxy) is 1. The molecular formula is C10H11ClFNO3. The number of hydroxylamine groups is 1. The normalized spacial score (nSPS) is 12.0. The first-order valence-electron chi connectivity index (χ1n) is 4.50. The molecule has 1 rings (SSSR count). The molecule has 0 radical (unpaired) electrons. The molecule has 1 aromatic rings. The van der Waals surface area contributed by atoms with Crippen LogP contribution in [-0.4, -0.2) is 19.1 Å². The van der Waals surface area contributed by atoms with Crippen LogP contribution in [0.1, 0.15) is 6.92 Å². The van der Waals surface area contributed by atoms with Crippen LogP contribution in [0, 0.1) is 5.82 Å². The molecule has 0 spiro atoms. The summed E-state index contributed by atoms with van der Waals surface area (Å²) in [5.74, 6) is -0.689. The van der Waals surface area contributed by atoms with E-state index < -0.39 is 17.8 Å². The third kappa shape index (κ3) is 3.36. The first kappa shape index (κ1) is 12.7. The van der Waals surface area contributed by atoms with Crippen molar-refractivity contribution in [1.29, 1.82) is 0 Å². The Hall–Kier alpha value is -1.33. The lowest BCUT2D eigenvalue weighted by molar-refractivity contribution is -0.144. The predicted octanol–water partition coefficient (Wildman–Crippen LogP) is 1.92. The van der Waals surface area contributed by atoms with Crippen LogP contribution in [0.25, 0.3) is 0 Å². The second kappa shape index (κ2) is 5.67. The molecule has 0 amide bonds. The third-order valence-electron chi connectivity index (χ3n) is 1.80. The summed E-state index contributed by atoms with van der Waals surface area (Å²) in [6.07, 6.45) is 0. The summed E-state index contributed by atoms with van der Waals surface area (Å²) < 4.78 is 17.3. The van der Waals surface area contributed by atoms with E-state index in [9.17, 15) is 9.18 Å². The molecule has 0 fully saturated rings. The zero-order chi connectivity index (χ0) is 12.1. The second-order valence-electron chi connectivity index (χ2n) is 3.04. The molecule has 0 saturated carbocycles. The van der Waals surface area contributed by atoms with Crippen molar-refractivity contribution in [2.24, 2.45) is 0 Å². The van der Waals surface area contributed by atoms with E-state index in [1.807, 2.05) is 0 Å². The summed E-state index contributed by atoms with van der Waals surface area (Å²) in [7, 11) is 1.27. The van der Waals surface area contributed by atoms with Gasteiger partial charge in [-0.3, -0.25) is 4.79 Å². The molecule has 1 unspecified atom stereocenters. The first-order chi connectivity index (χ1) is 7.54. The number of carbonyl (C=O) groups excluding carboxylic acids is 1. The van der Waals surface area contributed by atoms with Gasteiger partial charge < -0.3 is 9.57 Å². The maximum atomic E-state index is 12.8. The molecule has 4 nitrogen and oxygen atoms in total. The molecule has 88 valence electrons. The summed E-state index contributed by atoms with van der Waals surface area (Å²) in [6.45, 7) is 1.57. The maximum absolute atomic E-state index is 12.8. The van der Waals surface area contributed by atoms with Gasteiger partial charge in [0.25, 0.3) is 0 Å². The first-order valence-corrected chi connectivity index (χ1v) is 4.87. The number of nitrogens with one attached hydrogen (secondary N) is 1. The Balaban J connectivity index is 2.55. The quantitative estimate of drug-likeness (QED) is 0.652. The Morgan fingerprint density at radius 3 is 2.81 bits per heavy atom. The van der Waals surface area contributed by atoms with Gasteiger partial charge in [0.2, 0.25) is 0 Å². The van der Waals surface area contributed by atoms with Crippen LogP contribution < -0.4 is 10.3 Å². The topological polar surface area (TPSA) is 47.6 Å². The molecule has 0 aromatic heterocycles. The van der Waals surface area contributed by atoms with Gasteiger partial charge in [-0.2, -0.15) is 0 Å². The molecule has 0 saturated heterocycles. The van der Waals surface area contributed by atoms with Gasteiger partial charge in [-0.25, -0.2) is 4.39 Å². The van der Waals surface area contributed by atoms with Gasteiger partial charge in [0, 0.05) is 6.07 Å². The van der Waals surface area contributed by atoms with Crippen molar-refractivity contribution in [2.45, 2.75) is 13.0 Å². The summed E-state index contributed by atoms with van der Waals surface area (Å²) in [4.78, 5) is 16.0. The lowest BCUT2D eigenvalue weighted by Crippen LogP contribution is -2.37. The minimum atomic E-state index is -0.631. The van der Waals surface area contributed by atoms with Crippen LogP contribution in [0.2, 0.25) is 5.02 Å². The fourth-order valence-corrected chi connectivity index (χ4v) is 1.09. The number of carbonyl (C=O) groups is 1. The van der Waals surface area contributed by atoms with E-state index in [-0.39, 0.29) is 5.02 Å². The maximum Gasteiger partial charge on any atom is 0.325 e. The Bertz CT molecular complexity index is 386. The lowest BCUT2D eigenvalue weighted by atomic mass is 10.3. The highest BCUT2D eigenvalue weighted by Crippen LogP contribution is 2.20. The number of methoxy groups -OCH3 is 1. The molecule has 0 aliphatic heterocycles. The summed E-state index contributed by atoms with van der Waals surface area (Å²) in [5.41, 5.74) is 2.44. The van der Waals surface area contributed by atoms with Gasteiger partial charge in [0.1, 0.15) is 17.6 Å². The van der Waals surface area contributed by atoms with Gasteiger partial charge in [-0.15, -0.1) is 5.48 Å². The molecule has 0 bridgehead atoms. The van der Waals surface area contributed by atoms with Gasteiger partial charge in [0.05, 0.1) is 12.1 Å². The van der Waals surface area contributed by atoms with Crippen LogP contribution in [0.3, 0.4) is 0 Å². The molecule has 1 aromatic carbocycles. The van der Waals surface area contributed by atoms with E-state index in [2.05, 4.69) is 10.2 Å². The fourth-order valence-electron chi connectivity index (χ4n) is 0.922. The van der Waals surface area contributed by atoms with Crippen molar-refractivity contribution in [3.63, 3.8) is 0 Å². The monoisotopic (exact) mass is 247 g/mol. The van der Waals surface area contributed by atoms with E-state index in [1.165, 1.54) is 25.3 Å². The molecule has 0 aliphatic carbocycles. The van der Waals surface area contributed by atoms with E-state index in [0.717, 1.165) is 0 Å². The van der Waals surface area contributed by atoms with E-state index in [4.69, 9.17) is 16.4 Å². The van der Waals surface area contributed by atoms with Crippen LogP contribution >= 0.6 is 11.6 Å². The highest BCUT2D eigenvalue weighted by molar-refractivity contribution is 6.30. The van der Waals surface area contributed by atoms with Gasteiger partial charge >= 0.3 is 5.97 Å². The highest BCUT2D eigenvalue weighted by atomic mass is 35.5. The predicted molar refractivity (Wildman–Crippen MR) is 56.7 cm³/mol. The van der Waals surface area contributed by atoms with Gasteiger partial charge in [-0.1, -0.05) is 11.6 Å². The minimum absolute atomic E-state index is 0.0509. The van der Waals surface area contributed by atoms with Crippen LogP contribution in [0.5, 0.6) is 5.75 Å². The number of esters is 1. The van der Waals surface area contributed by atoms with Crippen LogP contribution in [0.15, 0.2) is 18.2 Å². The third-order valence-corrected chi connectivity index (χ3v) is 2.09. The summed E-state index contributed by atoms with van der Waals surface area (Å²) >= 11 is 5.54. The molecule has 1 atom stereocenters. The van der Waals surface area contributed by atoms with E-state index >= 15 is 0 Å². The van der Waals surface area contributed by atoms with E-state index in [1.54, 1.807) is 6.92 Å². The van der Waals surface area contributed by atoms with Crippen molar-refractivity contribution in [2.75, 3.05) is 7.11 Å². The van der Waals surface area contributed by atoms with E-state index in [0.29, 0.717) is 5.75 Å². The number of hydrogen-bond acceptors (Lipinski definition) is 4. The Morgan fingerprint density at radius 2 is 2.25 bits per heavy atom. The largest absolute Gasteiger partial charge is 0.468 e.